The van der Waals surface area contributed by atoms with Gasteiger partial charge < -0.3 is 15.4 Å². The van der Waals surface area contributed by atoms with E-state index in [4.69, 9.17) is 4.74 Å². The maximum absolute atomic E-state index is 12.5. The number of rotatable bonds is 8. The lowest BCUT2D eigenvalue weighted by atomic mass is 10.0. The van der Waals surface area contributed by atoms with Crippen LogP contribution in [0.5, 0.6) is 5.75 Å². The van der Waals surface area contributed by atoms with Crippen LogP contribution in [0, 0.1) is 25.2 Å². The Labute approximate surface area is 167 Å². The minimum Gasteiger partial charge on any atom is -0.494 e. The lowest BCUT2D eigenvalue weighted by Gasteiger charge is -2.18. The minimum atomic E-state index is -0.421. The third-order valence-electron chi connectivity index (χ3n) is 4.32. The normalized spacial score (nSPS) is 12.0. The van der Waals surface area contributed by atoms with Crippen LogP contribution in [0.2, 0.25) is 0 Å². The highest BCUT2D eigenvalue weighted by atomic mass is 16.5. The number of carbonyl (C=O) groups excluding carboxylic acids is 1. The highest BCUT2D eigenvalue weighted by Gasteiger charge is 2.17. The Hall–Kier alpha value is -3.26. The van der Waals surface area contributed by atoms with E-state index in [2.05, 4.69) is 10.6 Å². The molecule has 5 heteroatoms. The first kappa shape index (κ1) is 21.0. The van der Waals surface area contributed by atoms with Gasteiger partial charge in [0.05, 0.1) is 12.6 Å². The van der Waals surface area contributed by atoms with E-state index in [0.717, 1.165) is 22.4 Å². The molecule has 0 heterocycles. The lowest BCUT2D eigenvalue weighted by molar-refractivity contribution is -0.117. The number of carbonyl (C=O) groups is 1. The van der Waals surface area contributed by atoms with E-state index < -0.39 is 5.91 Å². The summed E-state index contributed by atoms with van der Waals surface area (Å²) >= 11 is 0. The van der Waals surface area contributed by atoms with E-state index in [9.17, 15) is 10.1 Å². The maximum atomic E-state index is 12.5. The molecule has 146 valence electrons. The molecule has 0 saturated heterocycles. The number of benzene rings is 2. The first-order valence-corrected chi connectivity index (χ1v) is 9.38. The van der Waals surface area contributed by atoms with Crippen LogP contribution >= 0.6 is 0 Å². The Morgan fingerprint density at radius 1 is 1.18 bits per heavy atom. The molecule has 0 saturated carbocycles. The van der Waals surface area contributed by atoms with Crippen molar-refractivity contribution in [2.75, 3.05) is 6.61 Å². The van der Waals surface area contributed by atoms with Crippen LogP contribution in [-0.4, -0.2) is 12.5 Å². The summed E-state index contributed by atoms with van der Waals surface area (Å²) in [5.74, 6) is 0.316. The summed E-state index contributed by atoms with van der Waals surface area (Å²) in [5.41, 5.74) is 4.27. The van der Waals surface area contributed by atoms with Crippen molar-refractivity contribution < 1.29 is 9.53 Å². The number of nitrogens with one attached hydrogen (secondary N) is 2. The molecular weight excluding hydrogens is 350 g/mol. The molecule has 2 rings (SSSR count). The predicted molar refractivity (Wildman–Crippen MR) is 111 cm³/mol. The van der Waals surface area contributed by atoms with Gasteiger partial charge in [-0.1, -0.05) is 47.5 Å². The SMILES string of the molecule is CCOc1ccc(C)cc1C(C)NC(=O)/C(C#N)=C\NCc1ccc(C)cc1. The second-order valence-electron chi connectivity index (χ2n) is 6.71. The van der Waals surface area contributed by atoms with Crippen molar-refractivity contribution in [3.8, 4) is 11.8 Å². The van der Waals surface area contributed by atoms with Gasteiger partial charge >= 0.3 is 0 Å². The van der Waals surface area contributed by atoms with Gasteiger partial charge in [-0.05, 0) is 39.3 Å². The molecule has 0 fully saturated rings. The van der Waals surface area contributed by atoms with Gasteiger partial charge in [-0.15, -0.1) is 0 Å². The van der Waals surface area contributed by atoms with E-state index >= 15 is 0 Å². The third kappa shape index (κ3) is 5.88. The molecule has 1 atom stereocenters. The van der Waals surface area contributed by atoms with Gasteiger partial charge in [0.25, 0.3) is 5.91 Å². The molecule has 2 aromatic rings. The zero-order valence-electron chi connectivity index (χ0n) is 16.9. The van der Waals surface area contributed by atoms with Gasteiger partial charge in [0, 0.05) is 18.3 Å². The molecule has 1 unspecified atom stereocenters. The molecule has 1 amide bonds. The zero-order valence-corrected chi connectivity index (χ0v) is 16.9. The summed E-state index contributed by atoms with van der Waals surface area (Å²) in [4.78, 5) is 12.5. The largest absolute Gasteiger partial charge is 0.494 e. The summed E-state index contributed by atoms with van der Waals surface area (Å²) in [6.07, 6.45) is 1.46. The minimum absolute atomic E-state index is 0.0320. The fourth-order valence-electron chi connectivity index (χ4n) is 2.77. The van der Waals surface area contributed by atoms with Crippen LogP contribution in [0.15, 0.2) is 54.2 Å². The zero-order chi connectivity index (χ0) is 20.5. The number of nitriles is 1. The second kappa shape index (κ2) is 10.2. The van der Waals surface area contributed by atoms with Crippen molar-refractivity contribution in [2.45, 2.75) is 40.3 Å². The highest BCUT2D eigenvalue weighted by Crippen LogP contribution is 2.26. The van der Waals surface area contributed by atoms with Crippen molar-refractivity contribution in [1.82, 2.24) is 10.6 Å². The Balaban J connectivity index is 2.04. The Morgan fingerprint density at radius 2 is 1.86 bits per heavy atom. The number of amides is 1. The summed E-state index contributed by atoms with van der Waals surface area (Å²) in [5, 5.41) is 15.3. The van der Waals surface area contributed by atoms with E-state index in [1.807, 2.05) is 76.2 Å². The Bertz CT molecular complexity index is 880. The molecule has 0 spiro atoms. The molecule has 0 aliphatic rings. The number of nitrogens with zero attached hydrogens (tertiary/aromatic N) is 1. The third-order valence-corrected chi connectivity index (χ3v) is 4.32. The van der Waals surface area contributed by atoms with Crippen molar-refractivity contribution in [1.29, 1.82) is 5.26 Å². The van der Waals surface area contributed by atoms with E-state index in [1.54, 1.807) is 0 Å². The summed E-state index contributed by atoms with van der Waals surface area (Å²) < 4.78 is 5.66. The molecule has 2 N–H and O–H groups in total. The molecule has 0 aliphatic carbocycles. The summed E-state index contributed by atoms with van der Waals surface area (Å²) in [6.45, 7) is 8.90. The molecular formula is C23H27N3O2. The Kier molecular flexibility index (Phi) is 7.65. The van der Waals surface area contributed by atoms with Gasteiger partial charge in [0.15, 0.2) is 0 Å². The molecule has 0 radical (unpaired) electrons. The topological polar surface area (TPSA) is 74.1 Å². The predicted octanol–water partition coefficient (Wildman–Crippen LogP) is 4.08. The van der Waals surface area contributed by atoms with Crippen molar-refractivity contribution >= 4 is 5.91 Å². The summed E-state index contributed by atoms with van der Waals surface area (Å²) in [7, 11) is 0. The molecule has 2 aromatic carbocycles. The molecule has 0 aromatic heterocycles. The average molecular weight is 377 g/mol. The van der Waals surface area contributed by atoms with E-state index in [-0.39, 0.29) is 11.6 Å². The molecule has 5 nitrogen and oxygen atoms in total. The molecule has 0 aliphatic heterocycles. The van der Waals surface area contributed by atoms with E-state index in [0.29, 0.717) is 13.2 Å². The van der Waals surface area contributed by atoms with Crippen LogP contribution < -0.4 is 15.4 Å². The van der Waals surface area contributed by atoms with Crippen LogP contribution in [0.1, 0.15) is 42.1 Å². The molecule has 0 bridgehead atoms. The maximum Gasteiger partial charge on any atom is 0.263 e. The number of hydrogen-bond acceptors (Lipinski definition) is 4. The fraction of sp³-hybridized carbons (Fsp3) is 0.304. The standard InChI is InChI=1S/C23H27N3O2/c1-5-28-22-11-8-17(3)12-21(22)18(4)26-23(27)20(13-24)15-25-14-19-9-6-16(2)7-10-19/h6-12,15,18,25H,5,14H2,1-4H3,(H,26,27)/b20-15-. The lowest BCUT2D eigenvalue weighted by Crippen LogP contribution is -2.29. The van der Waals surface area contributed by atoms with Crippen molar-refractivity contribution in [3.63, 3.8) is 0 Å². The van der Waals surface area contributed by atoms with E-state index in [1.165, 1.54) is 11.8 Å². The second-order valence-corrected chi connectivity index (χ2v) is 6.71. The summed E-state index contributed by atoms with van der Waals surface area (Å²) in [6, 6.07) is 15.6. The quantitative estimate of drug-likeness (QED) is 0.537. The van der Waals surface area contributed by atoms with Gasteiger partial charge in [-0.3, -0.25) is 4.79 Å². The fourth-order valence-corrected chi connectivity index (χ4v) is 2.77. The highest BCUT2D eigenvalue weighted by molar-refractivity contribution is 5.97. The molecule has 28 heavy (non-hydrogen) atoms. The smallest absolute Gasteiger partial charge is 0.263 e. The average Bonchev–Trinajstić information content (AvgIpc) is 2.68. The van der Waals surface area contributed by atoms with Crippen LogP contribution in [0.3, 0.4) is 0 Å². The van der Waals surface area contributed by atoms with Crippen LogP contribution in [0.25, 0.3) is 0 Å². The van der Waals surface area contributed by atoms with Crippen LogP contribution in [0.4, 0.5) is 0 Å². The van der Waals surface area contributed by atoms with Gasteiger partial charge in [0.2, 0.25) is 0 Å². The van der Waals surface area contributed by atoms with Gasteiger partial charge in [-0.2, -0.15) is 5.26 Å². The van der Waals surface area contributed by atoms with Gasteiger partial charge in [0.1, 0.15) is 17.4 Å². The van der Waals surface area contributed by atoms with Gasteiger partial charge in [-0.25, -0.2) is 0 Å². The number of hydrogen-bond donors (Lipinski definition) is 2. The first-order valence-electron chi connectivity index (χ1n) is 9.38. The van der Waals surface area contributed by atoms with Crippen LogP contribution in [-0.2, 0) is 11.3 Å². The number of aryl methyl sites for hydroxylation is 2. The first-order chi connectivity index (χ1) is 13.4. The number of ether oxygens (including phenoxy) is 1. The van der Waals surface area contributed by atoms with Crippen molar-refractivity contribution in [2.24, 2.45) is 0 Å². The van der Waals surface area contributed by atoms with Crippen molar-refractivity contribution in [3.05, 3.63) is 76.5 Å². The Morgan fingerprint density at radius 3 is 2.50 bits per heavy atom. The monoisotopic (exact) mass is 377 g/mol.